The topological polar surface area (TPSA) is 114 Å². The molecule has 2 aromatic carbocycles. The second-order valence-electron chi connectivity index (χ2n) is 11.4. The Labute approximate surface area is 243 Å². The van der Waals surface area contributed by atoms with Crippen LogP contribution in [-0.2, 0) is 30.3 Å². The van der Waals surface area contributed by atoms with Crippen molar-refractivity contribution in [3.8, 4) is 0 Å². The summed E-state index contributed by atoms with van der Waals surface area (Å²) in [6.07, 6.45) is 1.03. The van der Waals surface area contributed by atoms with E-state index in [-0.39, 0.29) is 43.8 Å². The number of carbonyl (C=O) groups is 4. The van der Waals surface area contributed by atoms with Crippen molar-refractivity contribution in [3.05, 3.63) is 70.8 Å². The molecular formula is C32H43N3O6. The molecule has 0 bridgehead atoms. The first-order valence-corrected chi connectivity index (χ1v) is 14.3. The van der Waals surface area contributed by atoms with Crippen LogP contribution >= 0.6 is 0 Å². The number of rotatable bonds is 12. The Morgan fingerprint density at radius 3 is 2.17 bits per heavy atom. The molecule has 0 heterocycles. The number of nitrogens with zero attached hydrogens (tertiary/aromatic N) is 1. The number of aryl methyl sites for hydroxylation is 2. The normalized spacial score (nSPS) is 14.4. The van der Waals surface area contributed by atoms with Crippen LogP contribution in [0, 0.1) is 13.8 Å². The standard InChI is InChI=1S/C32H43N3O6/c1-7-40-26(36)18-19-33-29(37)28(27-21(2)12-11-13-22(27)3)35(24-16-17-24)30(38)25(20-23-14-9-8-10-15-23)34-31(39)41-32(4,5)6/h8-15,24-25,28H,7,16-20H2,1-6H3,(H,33,37)(H,34,39). The SMILES string of the molecule is CCOC(=O)CCNC(=O)C(c1c(C)cccc1C)N(C(=O)C(Cc1ccccc1)NC(=O)OC(C)(C)C)C1CC1. The van der Waals surface area contributed by atoms with Gasteiger partial charge in [-0.25, -0.2) is 4.79 Å². The fourth-order valence-corrected chi connectivity index (χ4v) is 4.82. The summed E-state index contributed by atoms with van der Waals surface area (Å²) in [7, 11) is 0. The molecule has 1 aliphatic rings. The zero-order chi connectivity index (χ0) is 30.2. The van der Waals surface area contributed by atoms with Crippen LogP contribution in [0.1, 0.15) is 75.3 Å². The quantitative estimate of drug-likeness (QED) is 0.365. The van der Waals surface area contributed by atoms with E-state index in [0.29, 0.717) is 0 Å². The smallest absolute Gasteiger partial charge is 0.408 e. The molecule has 0 radical (unpaired) electrons. The van der Waals surface area contributed by atoms with Gasteiger partial charge >= 0.3 is 12.1 Å². The minimum Gasteiger partial charge on any atom is -0.466 e. The predicted octanol–water partition coefficient (Wildman–Crippen LogP) is 4.54. The van der Waals surface area contributed by atoms with E-state index >= 15 is 0 Å². The van der Waals surface area contributed by atoms with Crippen molar-refractivity contribution in [2.45, 2.75) is 91.0 Å². The Balaban J connectivity index is 1.99. The van der Waals surface area contributed by atoms with E-state index in [4.69, 9.17) is 9.47 Å². The summed E-state index contributed by atoms with van der Waals surface area (Å²) in [5.74, 6) is -1.16. The maximum absolute atomic E-state index is 14.4. The molecular weight excluding hydrogens is 522 g/mol. The monoisotopic (exact) mass is 565 g/mol. The second-order valence-corrected chi connectivity index (χ2v) is 11.4. The van der Waals surface area contributed by atoms with E-state index in [9.17, 15) is 19.2 Å². The molecule has 0 spiro atoms. The number of nitrogens with one attached hydrogen (secondary N) is 2. The number of ether oxygens (including phenoxy) is 2. The lowest BCUT2D eigenvalue weighted by molar-refractivity contribution is -0.144. The molecule has 9 nitrogen and oxygen atoms in total. The average molecular weight is 566 g/mol. The van der Waals surface area contributed by atoms with Crippen molar-refractivity contribution in [1.82, 2.24) is 15.5 Å². The summed E-state index contributed by atoms with van der Waals surface area (Å²) >= 11 is 0. The van der Waals surface area contributed by atoms with Gasteiger partial charge in [0.05, 0.1) is 13.0 Å². The fraction of sp³-hybridized carbons (Fsp3) is 0.500. The molecule has 1 saturated carbocycles. The zero-order valence-electron chi connectivity index (χ0n) is 25.0. The molecule has 2 atom stereocenters. The number of hydrogen-bond donors (Lipinski definition) is 2. The van der Waals surface area contributed by atoms with E-state index in [1.165, 1.54) is 0 Å². The number of hydrogen-bond acceptors (Lipinski definition) is 6. The highest BCUT2D eigenvalue weighted by Gasteiger charge is 2.44. The van der Waals surface area contributed by atoms with E-state index in [2.05, 4.69) is 10.6 Å². The van der Waals surface area contributed by atoms with Gasteiger partial charge in [-0.15, -0.1) is 0 Å². The minimum absolute atomic E-state index is 0.0211. The molecule has 9 heteroatoms. The van der Waals surface area contributed by atoms with Gasteiger partial charge in [0.25, 0.3) is 0 Å². The van der Waals surface area contributed by atoms with Crippen LogP contribution in [-0.4, -0.2) is 59.6 Å². The van der Waals surface area contributed by atoms with Crippen LogP contribution in [0.5, 0.6) is 0 Å². The Bertz CT molecular complexity index is 1200. The van der Waals surface area contributed by atoms with Gasteiger partial charge in [0.15, 0.2) is 0 Å². The van der Waals surface area contributed by atoms with Gasteiger partial charge < -0.3 is 25.0 Å². The van der Waals surface area contributed by atoms with Gasteiger partial charge in [0.1, 0.15) is 17.7 Å². The molecule has 2 N–H and O–H groups in total. The molecule has 3 amide bonds. The highest BCUT2D eigenvalue weighted by atomic mass is 16.6. The third-order valence-electron chi connectivity index (χ3n) is 6.74. The second kappa shape index (κ2) is 14.1. The Morgan fingerprint density at radius 2 is 1.61 bits per heavy atom. The first kappa shape index (κ1) is 31.6. The molecule has 2 unspecified atom stereocenters. The van der Waals surface area contributed by atoms with Crippen LogP contribution in [0.3, 0.4) is 0 Å². The van der Waals surface area contributed by atoms with Gasteiger partial charge in [0, 0.05) is 19.0 Å². The average Bonchev–Trinajstić information content (AvgIpc) is 3.72. The number of esters is 1. The lowest BCUT2D eigenvalue weighted by Crippen LogP contribution is -2.54. The Morgan fingerprint density at radius 1 is 0.976 bits per heavy atom. The lowest BCUT2D eigenvalue weighted by atomic mass is 9.93. The molecule has 0 aliphatic heterocycles. The van der Waals surface area contributed by atoms with E-state index in [1.54, 1.807) is 32.6 Å². The number of benzene rings is 2. The van der Waals surface area contributed by atoms with E-state index < -0.39 is 29.7 Å². The van der Waals surface area contributed by atoms with Gasteiger partial charge in [-0.2, -0.15) is 0 Å². The first-order valence-electron chi connectivity index (χ1n) is 14.3. The van der Waals surface area contributed by atoms with Crippen LogP contribution < -0.4 is 10.6 Å². The molecule has 222 valence electrons. The van der Waals surface area contributed by atoms with E-state index in [1.807, 2.05) is 62.4 Å². The van der Waals surface area contributed by atoms with Gasteiger partial charge in [-0.05, 0) is 76.6 Å². The van der Waals surface area contributed by atoms with Crippen LogP contribution in [0.2, 0.25) is 0 Å². The van der Waals surface area contributed by atoms with E-state index in [0.717, 1.165) is 35.1 Å². The van der Waals surface area contributed by atoms with Crippen LogP contribution in [0.15, 0.2) is 48.5 Å². The number of carbonyl (C=O) groups excluding carboxylic acids is 4. The minimum atomic E-state index is -0.966. The van der Waals surface area contributed by atoms with Gasteiger partial charge in [-0.3, -0.25) is 14.4 Å². The van der Waals surface area contributed by atoms with Gasteiger partial charge in [-0.1, -0.05) is 48.5 Å². The predicted molar refractivity (Wildman–Crippen MR) is 156 cm³/mol. The maximum atomic E-state index is 14.4. The molecule has 2 aromatic rings. The fourth-order valence-electron chi connectivity index (χ4n) is 4.82. The van der Waals surface area contributed by atoms with Crippen molar-refractivity contribution in [3.63, 3.8) is 0 Å². The summed E-state index contributed by atoms with van der Waals surface area (Å²) in [4.78, 5) is 54.7. The van der Waals surface area contributed by atoms with Crippen LogP contribution in [0.4, 0.5) is 4.79 Å². The third kappa shape index (κ3) is 9.33. The van der Waals surface area contributed by atoms with Gasteiger partial charge in [0.2, 0.25) is 11.8 Å². The van der Waals surface area contributed by atoms with Crippen LogP contribution in [0.25, 0.3) is 0 Å². The van der Waals surface area contributed by atoms with Crippen molar-refractivity contribution in [2.75, 3.05) is 13.2 Å². The van der Waals surface area contributed by atoms with Crippen molar-refractivity contribution < 1.29 is 28.7 Å². The largest absolute Gasteiger partial charge is 0.466 e. The maximum Gasteiger partial charge on any atom is 0.408 e. The molecule has 1 aliphatic carbocycles. The summed E-state index contributed by atoms with van der Waals surface area (Å²) < 4.78 is 10.5. The molecule has 3 rings (SSSR count). The summed E-state index contributed by atoms with van der Waals surface area (Å²) in [6, 6.07) is 13.1. The van der Waals surface area contributed by atoms with Crippen molar-refractivity contribution in [1.29, 1.82) is 0 Å². The lowest BCUT2D eigenvalue weighted by Gasteiger charge is -2.36. The summed E-state index contributed by atoms with van der Waals surface area (Å²) in [6.45, 7) is 11.2. The summed E-state index contributed by atoms with van der Waals surface area (Å²) in [5.41, 5.74) is 2.58. The molecule has 41 heavy (non-hydrogen) atoms. The highest BCUT2D eigenvalue weighted by molar-refractivity contribution is 5.93. The third-order valence-corrected chi connectivity index (χ3v) is 6.74. The van der Waals surface area contributed by atoms with Crippen molar-refractivity contribution in [2.24, 2.45) is 0 Å². The zero-order valence-corrected chi connectivity index (χ0v) is 25.0. The summed E-state index contributed by atoms with van der Waals surface area (Å²) in [5, 5.41) is 5.64. The molecule has 0 saturated heterocycles. The number of amides is 3. The molecule has 1 fully saturated rings. The Hall–Kier alpha value is -3.88. The highest BCUT2D eigenvalue weighted by Crippen LogP contribution is 2.38. The molecule has 0 aromatic heterocycles. The number of alkyl carbamates (subject to hydrolysis) is 1. The first-order chi connectivity index (χ1) is 19.4. The Kier molecular flexibility index (Phi) is 10.9. The van der Waals surface area contributed by atoms with Crippen molar-refractivity contribution >= 4 is 23.9 Å².